The Kier molecular flexibility index (Phi) is 5.55. The molecule has 1 aromatic carbocycles. The lowest BCUT2D eigenvalue weighted by Crippen LogP contribution is -2.32. The summed E-state index contributed by atoms with van der Waals surface area (Å²) in [5, 5.41) is 6.66. The molecule has 2 aromatic rings. The number of rotatable bonds is 5. The number of hydrogen-bond acceptors (Lipinski definition) is 4. The van der Waals surface area contributed by atoms with E-state index in [1.807, 2.05) is 45.9 Å². The molecule has 0 fully saturated rings. The first kappa shape index (κ1) is 17.2. The van der Waals surface area contributed by atoms with Crippen molar-refractivity contribution in [1.29, 1.82) is 0 Å². The maximum atomic E-state index is 12.2. The van der Waals surface area contributed by atoms with Crippen molar-refractivity contribution in [1.82, 2.24) is 15.3 Å². The molecule has 0 bridgehead atoms. The third-order valence-electron chi connectivity index (χ3n) is 3.50. The Bertz CT molecular complexity index is 718. The van der Waals surface area contributed by atoms with Crippen molar-refractivity contribution in [3.05, 3.63) is 46.2 Å². The van der Waals surface area contributed by atoms with Crippen molar-refractivity contribution >= 4 is 29.1 Å². The van der Waals surface area contributed by atoms with Crippen molar-refractivity contribution in [2.24, 2.45) is 0 Å². The van der Waals surface area contributed by atoms with Crippen LogP contribution in [0.5, 0.6) is 0 Å². The van der Waals surface area contributed by atoms with Crippen LogP contribution in [-0.4, -0.2) is 21.9 Å². The Hall–Kier alpha value is -2.14. The van der Waals surface area contributed by atoms with Crippen LogP contribution in [0, 0.1) is 13.8 Å². The maximum Gasteiger partial charge on any atom is 0.270 e. The number of carbonyl (C=O) groups excluding carboxylic acids is 1. The molecule has 0 aliphatic carbocycles. The SMILES string of the molecule is CCC(C)NC(=O)c1cc(C)nc(Nc2ccc(C)c(Cl)c2)n1. The van der Waals surface area contributed by atoms with Crippen LogP contribution < -0.4 is 10.6 Å². The van der Waals surface area contributed by atoms with Gasteiger partial charge in [-0.2, -0.15) is 0 Å². The topological polar surface area (TPSA) is 66.9 Å². The van der Waals surface area contributed by atoms with E-state index in [0.717, 1.165) is 23.4 Å². The van der Waals surface area contributed by atoms with Gasteiger partial charge in [-0.1, -0.05) is 24.6 Å². The number of hydrogen-bond donors (Lipinski definition) is 2. The van der Waals surface area contributed by atoms with Crippen LogP contribution in [-0.2, 0) is 0 Å². The number of nitrogens with one attached hydrogen (secondary N) is 2. The first-order chi connectivity index (χ1) is 10.9. The minimum atomic E-state index is -0.199. The lowest BCUT2D eigenvalue weighted by molar-refractivity contribution is 0.0934. The van der Waals surface area contributed by atoms with Crippen LogP contribution in [0.1, 0.15) is 42.0 Å². The Labute approximate surface area is 141 Å². The summed E-state index contributed by atoms with van der Waals surface area (Å²) in [6, 6.07) is 7.39. The molecule has 0 aliphatic heterocycles. The fourth-order valence-corrected chi connectivity index (χ4v) is 2.12. The molecule has 1 heterocycles. The summed E-state index contributed by atoms with van der Waals surface area (Å²) in [4.78, 5) is 20.8. The lowest BCUT2D eigenvalue weighted by Gasteiger charge is -2.12. The molecule has 0 spiro atoms. The highest BCUT2D eigenvalue weighted by Gasteiger charge is 2.12. The molecule has 6 heteroatoms. The van der Waals surface area contributed by atoms with Gasteiger partial charge in [0.05, 0.1) is 0 Å². The molecule has 5 nitrogen and oxygen atoms in total. The summed E-state index contributed by atoms with van der Waals surface area (Å²) in [5.74, 6) is 0.175. The summed E-state index contributed by atoms with van der Waals surface area (Å²) in [5.41, 5.74) is 2.84. The molecular weight excluding hydrogens is 312 g/mol. The van der Waals surface area contributed by atoms with Crippen molar-refractivity contribution in [2.45, 2.75) is 40.2 Å². The Morgan fingerprint density at radius 1 is 1.26 bits per heavy atom. The van der Waals surface area contributed by atoms with Gasteiger partial charge in [-0.3, -0.25) is 4.79 Å². The fraction of sp³-hybridized carbons (Fsp3) is 0.353. The molecule has 23 heavy (non-hydrogen) atoms. The number of benzene rings is 1. The van der Waals surface area contributed by atoms with Crippen LogP contribution in [0.15, 0.2) is 24.3 Å². The van der Waals surface area contributed by atoms with E-state index in [2.05, 4.69) is 20.6 Å². The molecule has 2 N–H and O–H groups in total. The average molecular weight is 333 g/mol. The second kappa shape index (κ2) is 7.42. The highest BCUT2D eigenvalue weighted by atomic mass is 35.5. The second-order valence-electron chi connectivity index (χ2n) is 5.59. The quantitative estimate of drug-likeness (QED) is 0.867. The van der Waals surface area contributed by atoms with Crippen LogP contribution in [0.2, 0.25) is 5.02 Å². The van der Waals surface area contributed by atoms with Gasteiger partial charge in [-0.05, 0) is 51.0 Å². The third kappa shape index (κ3) is 4.66. The number of aromatic nitrogens is 2. The van der Waals surface area contributed by atoms with Crippen molar-refractivity contribution < 1.29 is 4.79 Å². The van der Waals surface area contributed by atoms with Crippen LogP contribution in [0.25, 0.3) is 0 Å². The minimum absolute atomic E-state index is 0.102. The van der Waals surface area contributed by atoms with Crippen LogP contribution >= 0.6 is 11.6 Å². The largest absolute Gasteiger partial charge is 0.348 e. The van der Waals surface area contributed by atoms with Gasteiger partial charge in [0.1, 0.15) is 5.69 Å². The van der Waals surface area contributed by atoms with Gasteiger partial charge >= 0.3 is 0 Å². The van der Waals surface area contributed by atoms with Crippen LogP contribution in [0.4, 0.5) is 11.6 Å². The predicted octanol–water partition coefficient (Wildman–Crippen LogP) is 4.02. The zero-order valence-electron chi connectivity index (χ0n) is 13.8. The zero-order valence-corrected chi connectivity index (χ0v) is 14.5. The monoisotopic (exact) mass is 332 g/mol. The molecule has 122 valence electrons. The van der Waals surface area contributed by atoms with Gasteiger partial charge in [0.25, 0.3) is 5.91 Å². The Morgan fingerprint density at radius 3 is 2.65 bits per heavy atom. The number of aryl methyl sites for hydroxylation is 2. The van der Waals surface area contributed by atoms with Gasteiger partial charge in [-0.25, -0.2) is 9.97 Å². The third-order valence-corrected chi connectivity index (χ3v) is 3.91. The molecule has 1 amide bonds. The Balaban J connectivity index is 2.22. The number of anilines is 2. The molecule has 2 rings (SSSR count). The normalized spacial score (nSPS) is 11.9. The molecule has 0 saturated carbocycles. The van der Waals surface area contributed by atoms with E-state index in [0.29, 0.717) is 16.7 Å². The first-order valence-corrected chi connectivity index (χ1v) is 7.96. The van der Waals surface area contributed by atoms with E-state index < -0.39 is 0 Å². The fourth-order valence-electron chi connectivity index (χ4n) is 1.94. The number of halogens is 1. The number of nitrogens with zero attached hydrogens (tertiary/aromatic N) is 2. The van der Waals surface area contributed by atoms with E-state index in [4.69, 9.17) is 11.6 Å². The number of carbonyl (C=O) groups is 1. The van der Waals surface area contributed by atoms with Gasteiger partial charge < -0.3 is 10.6 Å². The second-order valence-corrected chi connectivity index (χ2v) is 6.00. The molecule has 0 radical (unpaired) electrons. The summed E-state index contributed by atoms with van der Waals surface area (Å²) >= 11 is 6.12. The first-order valence-electron chi connectivity index (χ1n) is 7.58. The standard InChI is InChI=1S/C17H21ClN4O/c1-5-11(3)19-16(23)15-8-12(4)20-17(22-15)21-13-7-6-10(2)14(18)9-13/h6-9,11H,5H2,1-4H3,(H,19,23)(H,20,21,22). The van der Waals surface area contributed by atoms with Gasteiger partial charge in [0.15, 0.2) is 0 Å². The zero-order chi connectivity index (χ0) is 17.0. The summed E-state index contributed by atoms with van der Waals surface area (Å²) < 4.78 is 0. The molecule has 0 saturated heterocycles. The van der Waals surface area contributed by atoms with Gasteiger partial charge in [0.2, 0.25) is 5.95 Å². The average Bonchev–Trinajstić information content (AvgIpc) is 2.50. The smallest absolute Gasteiger partial charge is 0.270 e. The number of amides is 1. The van der Waals surface area contributed by atoms with Gasteiger partial charge in [-0.15, -0.1) is 0 Å². The highest BCUT2D eigenvalue weighted by Crippen LogP contribution is 2.22. The van der Waals surface area contributed by atoms with E-state index in [1.165, 1.54) is 0 Å². The minimum Gasteiger partial charge on any atom is -0.348 e. The molecular formula is C17H21ClN4O. The van der Waals surface area contributed by atoms with E-state index in [9.17, 15) is 4.79 Å². The molecule has 1 atom stereocenters. The predicted molar refractivity (Wildman–Crippen MR) is 93.5 cm³/mol. The molecule has 0 aliphatic rings. The maximum absolute atomic E-state index is 12.2. The van der Waals surface area contributed by atoms with Crippen molar-refractivity contribution in [2.75, 3.05) is 5.32 Å². The Morgan fingerprint density at radius 2 is 2.00 bits per heavy atom. The summed E-state index contributed by atoms with van der Waals surface area (Å²) in [7, 11) is 0. The molecule has 1 aromatic heterocycles. The summed E-state index contributed by atoms with van der Waals surface area (Å²) in [6.45, 7) is 7.74. The summed E-state index contributed by atoms with van der Waals surface area (Å²) in [6.07, 6.45) is 0.864. The van der Waals surface area contributed by atoms with Crippen molar-refractivity contribution in [3.8, 4) is 0 Å². The van der Waals surface area contributed by atoms with Crippen LogP contribution in [0.3, 0.4) is 0 Å². The van der Waals surface area contributed by atoms with Gasteiger partial charge in [0, 0.05) is 22.4 Å². The van der Waals surface area contributed by atoms with E-state index >= 15 is 0 Å². The lowest BCUT2D eigenvalue weighted by atomic mass is 10.2. The highest BCUT2D eigenvalue weighted by molar-refractivity contribution is 6.31. The van der Waals surface area contributed by atoms with E-state index in [1.54, 1.807) is 6.07 Å². The van der Waals surface area contributed by atoms with E-state index in [-0.39, 0.29) is 11.9 Å². The van der Waals surface area contributed by atoms with Crippen molar-refractivity contribution in [3.63, 3.8) is 0 Å². The molecule has 1 unspecified atom stereocenters.